The van der Waals surface area contributed by atoms with Crippen molar-refractivity contribution in [3.63, 3.8) is 0 Å². The van der Waals surface area contributed by atoms with Crippen LogP contribution in [0.1, 0.15) is 23.7 Å². The van der Waals surface area contributed by atoms with Crippen LogP contribution in [0.15, 0.2) is 42.7 Å². The molecule has 0 atom stereocenters. The first-order valence-electron chi connectivity index (χ1n) is 7.00. The van der Waals surface area contributed by atoms with Crippen LogP contribution >= 0.6 is 0 Å². The summed E-state index contributed by atoms with van der Waals surface area (Å²) in [5.41, 5.74) is 5.45. The van der Waals surface area contributed by atoms with Gasteiger partial charge >= 0.3 is 0 Å². The van der Waals surface area contributed by atoms with Gasteiger partial charge in [-0.2, -0.15) is 0 Å². The number of imidazole rings is 1. The Bertz CT molecular complexity index is 775. The number of benzene rings is 1. The first kappa shape index (κ1) is 15.7. The van der Waals surface area contributed by atoms with E-state index in [2.05, 4.69) is 51.8 Å². The number of carboxylic acid groups (broad SMARTS) is 1. The number of fused-ring (bicyclic) bond motifs is 1. The molecule has 0 aliphatic carbocycles. The number of carbonyl (C=O) groups is 1. The number of rotatable bonds is 2. The maximum Gasteiger partial charge on any atom is 0.300 e. The summed E-state index contributed by atoms with van der Waals surface area (Å²) < 4.78 is 2.14. The monoisotopic (exact) mass is 297 g/mol. The van der Waals surface area contributed by atoms with E-state index in [4.69, 9.17) is 9.90 Å². The third-order valence-corrected chi connectivity index (χ3v) is 3.25. The second-order valence-electron chi connectivity index (χ2n) is 5.11. The highest BCUT2D eigenvalue weighted by Crippen LogP contribution is 2.16. The molecular formula is C17H19N3O2. The minimum Gasteiger partial charge on any atom is -0.481 e. The van der Waals surface area contributed by atoms with Gasteiger partial charge in [-0.15, -0.1) is 0 Å². The molecule has 1 aromatic carbocycles. The van der Waals surface area contributed by atoms with E-state index in [9.17, 15) is 0 Å². The van der Waals surface area contributed by atoms with Gasteiger partial charge in [0, 0.05) is 19.2 Å². The minimum atomic E-state index is -0.833. The molecule has 3 aromatic rings. The Morgan fingerprint density at radius 1 is 1.23 bits per heavy atom. The summed E-state index contributed by atoms with van der Waals surface area (Å²) in [5.74, 6) is -0.833. The van der Waals surface area contributed by atoms with Crippen LogP contribution in [0.25, 0.3) is 11.2 Å². The Balaban J connectivity index is 0.000000396. The van der Waals surface area contributed by atoms with Gasteiger partial charge in [-0.05, 0) is 31.0 Å². The maximum atomic E-state index is 9.00. The summed E-state index contributed by atoms with van der Waals surface area (Å²) in [6.07, 6.45) is 1.86. The molecule has 0 unspecified atom stereocenters. The van der Waals surface area contributed by atoms with Crippen molar-refractivity contribution in [2.75, 3.05) is 0 Å². The van der Waals surface area contributed by atoms with E-state index in [1.54, 1.807) is 0 Å². The van der Waals surface area contributed by atoms with Gasteiger partial charge in [-0.3, -0.25) is 4.79 Å². The fraction of sp³-hybridized carbons (Fsp3) is 0.235. The minimum absolute atomic E-state index is 0.828. The lowest BCUT2D eigenvalue weighted by Crippen LogP contribution is -1.98. The van der Waals surface area contributed by atoms with Crippen molar-refractivity contribution in [3.8, 4) is 0 Å². The van der Waals surface area contributed by atoms with Gasteiger partial charge in [-0.1, -0.05) is 30.3 Å². The summed E-state index contributed by atoms with van der Waals surface area (Å²) in [7, 11) is 0. The fourth-order valence-corrected chi connectivity index (χ4v) is 2.08. The lowest BCUT2D eigenvalue weighted by Gasteiger charge is -2.05. The van der Waals surface area contributed by atoms with Gasteiger partial charge in [0.25, 0.3) is 5.97 Å². The van der Waals surface area contributed by atoms with Gasteiger partial charge in [0.15, 0.2) is 5.65 Å². The van der Waals surface area contributed by atoms with Crippen LogP contribution < -0.4 is 0 Å². The van der Waals surface area contributed by atoms with E-state index < -0.39 is 5.97 Å². The second-order valence-corrected chi connectivity index (χ2v) is 5.11. The molecule has 114 valence electrons. The molecule has 0 spiro atoms. The zero-order chi connectivity index (χ0) is 16.1. The molecule has 0 aliphatic rings. The van der Waals surface area contributed by atoms with Crippen molar-refractivity contribution in [2.45, 2.75) is 27.3 Å². The number of carboxylic acids is 1. The van der Waals surface area contributed by atoms with Crippen LogP contribution in [0, 0.1) is 13.8 Å². The summed E-state index contributed by atoms with van der Waals surface area (Å²) in [6, 6.07) is 12.6. The highest BCUT2D eigenvalue weighted by molar-refractivity contribution is 5.72. The second kappa shape index (κ2) is 6.85. The third kappa shape index (κ3) is 3.91. The van der Waals surface area contributed by atoms with E-state index in [-0.39, 0.29) is 0 Å². The van der Waals surface area contributed by atoms with Crippen LogP contribution in [0.2, 0.25) is 0 Å². The molecule has 2 heterocycles. The molecule has 0 bridgehead atoms. The van der Waals surface area contributed by atoms with Gasteiger partial charge in [0.2, 0.25) is 0 Å². The number of aromatic nitrogens is 3. The van der Waals surface area contributed by atoms with E-state index in [0.717, 1.165) is 30.3 Å². The number of pyridine rings is 1. The molecule has 0 saturated heterocycles. The number of hydrogen-bond acceptors (Lipinski definition) is 3. The van der Waals surface area contributed by atoms with Gasteiger partial charge < -0.3 is 9.67 Å². The largest absolute Gasteiger partial charge is 0.481 e. The Morgan fingerprint density at radius 2 is 1.86 bits per heavy atom. The average Bonchev–Trinajstić information content (AvgIpc) is 2.82. The molecule has 0 radical (unpaired) electrons. The molecule has 1 N–H and O–H groups in total. The van der Waals surface area contributed by atoms with Crippen LogP contribution in [-0.2, 0) is 11.3 Å². The lowest BCUT2D eigenvalue weighted by atomic mass is 10.2. The predicted octanol–water partition coefficient (Wildman–Crippen LogP) is 3.19. The molecule has 0 amide bonds. The topological polar surface area (TPSA) is 68.0 Å². The fourth-order valence-electron chi connectivity index (χ4n) is 2.08. The molecule has 5 nitrogen and oxygen atoms in total. The summed E-state index contributed by atoms with van der Waals surface area (Å²) in [4.78, 5) is 17.9. The quantitative estimate of drug-likeness (QED) is 0.788. The van der Waals surface area contributed by atoms with Crippen LogP contribution in [0.3, 0.4) is 0 Å². The van der Waals surface area contributed by atoms with Crippen molar-refractivity contribution in [3.05, 3.63) is 59.5 Å². The van der Waals surface area contributed by atoms with Crippen molar-refractivity contribution in [2.24, 2.45) is 0 Å². The molecule has 2 aromatic heterocycles. The zero-order valence-electron chi connectivity index (χ0n) is 12.9. The molecule has 0 aliphatic heterocycles. The van der Waals surface area contributed by atoms with Gasteiger partial charge in [-0.25, -0.2) is 9.97 Å². The van der Waals surface area contributed by atoms with Gasteiger partial charge in [0.05, 0.1) is 11.8 Å². The standard InChI is InChI=1S/C15H15N3.C2H4O2/c1-11-8-14-15(17-12(11)2)16-10-18(14)9-13-6-4-3-5-7-13;1-2(3)4/h3-8,10H,9H2,1-2H3;1H3,(H,3,4). The molecule has 0 fully saturated rings. The Morgan fingerprint density at radius 3 is 2.50 bits per heavy atom. The average molecular weight is 297 g/mol. The summed E-state index contributed by atoms with van der Waals surface area (Å²) in [5, 5.41) is 7.42. The Hall–Kier alpha value is -2.69. The molecular weight excluding hydrogens is 278 g/mol. The number of aliphatic carboxylic acids is 1. The molecule has 22 heavy (non-hydrogen) atoms. The van der Waals surface area contributed by atoms with Crippen LogP contribution in [-0.4, -0.2) is 25.6 Å². The van der Waals surface area contributed by atoms with E-state index in [0.29, 0.717) is 0 Å². The lowest BCUT2D eigenvalue weighted by molar-refractivity contribution is -0.134. The van der Waals surface area contributed by atoms with E-state index in [1.807, 2.05) is 19.3 Å². The summed E-state index contributed by atoms with van der Waals surface area (Å²) >= 11 is 0. The Labute approximate surface area is 129 Å². The van der Waals surface area contributed by atoms with Crippen molar-refractivity contribution in [1.82, 2.24) is 14.5 Å². The first-order chi connectivity index (χ1) is 10.5. The van der Waals surface area contributed by atoms with Crippen molar-refractivity contribution in [1.29, 1.82) is 0 Å². The van der Waals surface area contributed by atoms with E-state index >= 15 is 0 Å². The van der Waals surface area contributed by atoms with E-state index in [1.165, 1.54) is 11.1 Å². The molecule has 0 saturated carbocycles. The SMILES string of the molecule is CC(=O)O.Cc1cc2c(ncn2Cc2ccccc2)nc1C. The number of hydrogen-bond donors (Lipinski definition) is 1. The summed E-state index contributed by atoms with van der Waals surface area (Å²) in [6.45, 7) is 6.02. The zero-order valence-corrected chi connectivity index (χ0v) is 12.9. The highest BCUT2D eigenvalue weighted by atomic mass is 16.4. The number of aryl methyl sites for hydroxylation is 2. The molecule has 5 heteroatoms. The maximum absolute atomic E-state index is 9.00. The van der Waals surface area contributed by atoms with Gasteiger partial charge in [0.1, 0.15) is 0 Å². The Kier molecular flexibility index (Phi) is 4.88. The normalized spacial score (nSPS) is 10.1. The smallest absolute Gasteiger partial charge is 0.300 e. The predicted molar refractivity (Wildman–Crippen MR) is 85.9 cm³/mol. The number of nitrogens with zero attached hydrogens (tertiary/aromatic N) is 3. The highest BCUT2D eigenvalue weighted by Gasteiger charge is 2.06. The van der Waals surface area contributed by atoms with Crippen molar-refractivity contribution < 1.29 is 9.90 Å². The van der Waals surface area contributed by atoms with Crippen molar-refractivity contribution >= 4 is 17.1 Å². The molecule has 3 rings (SSSR count). The van der Waals surface area contributed by atoms with Crippen LogP contribution in [0.4, 0.5) is 0 Å². The van der Waals surface area contributed by atoms with Crippen LogP contribution in [0.5, 0.6) is 0 Å². The third-order valence-electron chi connectivity index (χ3n) is 3.25. The first-order valence-corrected chi connectivity index (χ1v) is 7.00.